The lowest BCUT2D eigenvalue weighted by Crippen LogP contribution is -2.41. The van der Waals surface area contributed by atoms with E-state index in [-0.39, 0.29) is 18.1 Å². The van der Waals surface area contributed by atoms with Crippen molar-refractivity contribution in [3.05, 3.63) is 11.9 Å². The van der Waals surface area contributed by atoms with Crippen LogP contribution in [0.4, 0.5) is 0 Å². The zero-order valence-corrected chi connectivity index (χ0v) is 11.2. The number of carbonyl (C=O) groups excluding carboxylic acids is 1. The van der Waals surface area contributed by atoms with Gasteiger partial charge in [0.05, 0.1) is 19.3 Å². The molecule has 20 heavy (non-hydrogen) atoms. The van der Waals surface area contributed by atoms with Gasteiger partial charge in [-0.25, -0.2) is 4.79 Å². The Morgan fingerprint density at radius 3 is 2.70 bits per heavy atom. The van der Waals surface area contributed by atoms with Crippen LogP contribution in [0.2, 0.25) is 0 Å². The van der Waals surface area contributed by atoms with Crippen LogP contribution in [0.25, 0.3) is 0 Å². The van der Waals surface area contributed by atoms with Crippen molar-refractivity contribution in [3.63, 3.8) is 0 Å². The Balaban J connectivity index is 1.92. The van der Waals surface area contributed by atoms with Crippen LogP contribution >= 0.6 is 0 Å². The van der Waals surface area contributed by atoms with Gasteiger partial charge in [-0.15, -0.1) is 5.10 Å². The summed E-state index contributed by atoms with van der Waals surface area (Å²) in [6.07, 6.45) is 5.88. The van der Waals surface area contributed by atoms with E-state index in [0.717, 1.165) is 12.8 Å². The van der Waals surface area contributed by atoms with E-state index in [4.69, 9.17) is 10.8 Å². The van der Waals surface area contributed by atoms with Gasteiger partial charge < -0.3 is 10.8 Å². The average molecular weight is 281 g/mol. The van der Waals surface area contributed by atoms with Crippen molar-refractivity contribution >= 4 is 11.9 Å². The topological polar surface area (TPSA) is 114 Å². The Hall–Kier alpha value is -1.96. The highest BCUT2D eigenvalue weighted by atomic mass is 16.4. The second-order valence-electron chi connectivity index (χ2n) is 5.05. The van der Waals surface area contributed by atoms with Crippen LogP contribution in [-0.4, -0.2) is 56.0 Å². The Morgan fingerprint density at radius 1 is 1.45 bits per heavy atom. The summed E-state index contributed by atoms with van der Waals surface area (Å²) in [7, 11) is 0. The fourth-order valence-electron chi connectivity index (χ4n) is 2.60. The Bertz CT molecular complexity index is 481. The molecule has 8 nitrogen and oxygen atoms in total. The van der Waals surface area contributed by atoms with E-state index in [9.17, 15) is 9.59 Å². The number of hydrogen-bond donors (Lipinski definition) is 2. The summed E-state index contributed by atoms with van der Waals surface area (Å²) in [5, 5.41) is 16.1. The van der Waals surface area contributed by atoms with Crippen LogP contribution in [0.3, 0.4) is 0 Å². The van der Waals surface area contributed by atoms with Gasteiger partial charge >= 0.3 is 5.97 Å². The fourth-order valence-corrected chi connectivity index (χ4v) is 2.60. The Labute approximate surface area is 116 Å². The van der Waals surface area contributed by atoms with Gasteiger partial charge in [-0.1, -0.05) is 18.1 Å². The molecular formula is C12H19N5O3. The molecular weight excluding hydrogens is 262 g/mol. The van der Waals surface area contributed by atoms with Gasteiger partial charge in [-0.05, 0) is 12.8 Å². The molecule has 1 amide bonds. The van der Waals surface area contributed by atoms with Gasteiger partial charge in [0.15, 0.2) is 5.69 Å². The van der Waals surface area contributed by atoms with E-state index < -0.39 is 5.97 Å². The molecule has 0 aromatic carbocycles. The van der Waals surface area contributed by atoms with Gasteiger partial charge in [0.25, 0.3) is 0 Å². The smallest absolute Gasteiger partial charge is 0.358 e. The van der Waals surface area contributed by atoms with Gasteiger partial charge in [-0.2, -0.15) is 0 Å². The third-order valence-electron chi connectivity index (χ3n) is 3.57. The second kappa shape index (κ2) is 6.47. The van der Waals surface area contributed by atoms with Gasteiger partial charge in [0, 0.05) is 12.6 Å². The highest BCUT2D eigenvalue weighted by Crippen LogP contribution is 2.23. The minimum Gasteiger partial charge on any atom is -0.476 e. The number of amides is 1. The van der Waals surface area contributed by atoms with E-state index in [2.05, 4.69) is 15.2 Å². The number of nitrogens with two attached hydrogens (primary N) is 1. The number of primary amides is 1. The molecule has 8 heteroatoms. The molecule has 0 bridgehead atoms. The monoisotopic (exact) mass is 281 g/mol. The number of hydrogen-bond acceptors (Lipinski definition) is 5. The van der Waals surface area contributed by atoms with Gasteiger partial charge in [0.1, 0.15) is 0 Å². The molecule has 0 unspecified atom stereocenters. The maximum atomic E-state index is 11.1. The first-order valence-electron chi connectivity index (χ1n) is 6.72. The number of rotatable bonds is 7. The maximum absolute atomic E-state index is 11.1. The predicted octanol–water partition coefficient (Wildman–Crippen LogP) is -0.294. The lowest BCUT2D eigenvalue weighted by atomic mass is 10.2. The number of carbonyl (C=O) groups is 2. The normalized spacial score (nSPS) is 15.8. The summed E-state index contributed by atoms with van der Waals surface area (Å²) in [4.78, 5) is 23.9. The summed E-state index contributed by atoms with van der Waals surface area (Å²) < 4.78 is 1.48. The molecule has 2 rings (SSSR count). The van der Waals surface area contributed by atoms with E-state index >= 15 is 0 Å². The Kier molecular flexibility index (Phi) is 4.67. The zero-order valence-electron chi connectivity index (χ0n) is 11.2. The molecule has 0 spiro atoms. The summed E-state index contributed by atoms with van der Waals surface area (Å²) in [6, 6.07) is 0.380. The zero-order chi connectivity index (χ0) is 14.5. The molecule has 1 aromatic rings. The van der Waals surface area contributed by atoms with Crippen LogP contribution in [-0.2, 0) is 11.3 Å². The molecule has 0 saturated heterocycles. The predicted molar refractivity (Wildman–Crippen MR) is 70.0 cm³/mol. The van der Waals surface area contributed by atoms with E-state index in [0.29, 0.717) is 19.1 Å². The quantitative estimate of drug-likeness (QED) is 0.709. The largest absolute Gasteiger partial charge is 0.476 e. The molecule has 0 radical (unpaired) electrons. The van der Waals surface area contributed by atoms with E-state index in [1.54, 1.807) is 0 Å². The summed E-state index contributed by atoms with van der Waals surface area (Å²) >= 11 is 0. The van der Waals surface area contributed by atoms with Crippen molar-refractivity contribution in [2.75, 3.05) is 13.1 Å². The number of nitrogens with zero attached hydrogens (tertiary/aromatic N) is 4. The highest BCUT2D eigenvalue weighted by Gasteiger charge is 2.23. The van der Waals surface area contributed by atoms with Crippen LogP contribution in [0, 0.1) is 0 Å². The molecule has 1 aliphatic rings. The lowest BCUT2D eigenvalue weighted by molar-refractivity contribution is -0.119. The molecule has 0 atom stereocenters. The average Bonchev–Trinajstić information content (AvgIpc) is 3.05. The SMILES string of the molecule is NC(=O)CN(CCn1cc(C(=O)O)nn1)C1CCCC1. The first-order valence-corrected chi connectivity index (χ1v) is 6.72. The molecule has 110 valence electrons. The highest BCUT2D eigenvalue weighted by molar-refractivity contribution is 5.84. The third-order valence-corrected chi connectivity index (χ3v) is 3.57. The molecule has 1 fully saturated rings. The first-order chi connectivity index (χ1) is 9.56. The molecule has 1 aliphatic carbocycles. The van der Waals surface area contributed by atoms with Crippen LogP contribution in [0.15, 0.2) is 6.20 Å². The van der Waals surface area contributed by atoms with E-state index in [1.807, 2.05) is 0 Å². The molecule has 1 aromatic heterocycles. The van der Waals surface area contributed by atoms with Crippen molar-refractivity contribution < 1.29 is 14.7 Å². The number of carboxylic acids is 1. The minimum absolute atomic E-state index is 0.0766. The lowest BCUT2D eigenvalue weighted by Gasteiger charge is -2.27. The van der Waals surface area contributed by atoms with Gasteiger partial charge in [0.2, 0.25) is 5.91 Å². The van der Waals surface area contributed by atoms with Crippen molar-refractivity contribution in [1.82, 2.24) is 19.9 Å². The van der Waals surface area contributed by atoms with Crippen molar-refractivity contribution in [2.45, 2.75) is 38.3 Å². The van der Waals surface area contributed by atoms with Gasteiger partial charge in [-0.3, -0.25) is 14.4 Å². The van der Waals surface area contributed by atoms with Crippen LogP contribution in [0.1, 0.15) is 36.2 Å². The Morgan fingerprint density at radius 2 is 2.15 bits per heavy atom. The summed E-state index contributed by atoms with van der Waals surface area (Å²) in [5.74, 6) is -1.44. The summed E-state index contributed by atoms with van der Waals surface area (Å²) in [5.41, 5.74) is 5.20. The second-order valence-corrected chi connectivity index (χ2v) is 5.05. The number of carboxylic acid groups (broad SMARTS) is 1. The maximum Gasteiger partial charge on any atom is 0.358 e. The van der Waals surface area contributed by atoms with Crippen LogP contribution in [0.5, 0.6) is 0 Å². The minimum atomic E-state index is -1.10. The molecule has 0 aliphatic heterocycles. The number of aromatic nitrogens is 3. The standard InChI is InChI=1S/C12H19N5O3/c13-11(18)8-16(9-3-1-2-4-9)5-6-17-7-10(12(19)20)14-15-17/h7,9H,1-6,8H2,(H2,13,18)(H,19,20). The van der Waals surface area contributed by atoms with E-state index in [1.165, 1.54) is 23.7 Å². The van der Waals surface area contributed by atoms with Crippen molar-refractivity contribution in [1.29, 1.82) is 0 Å². The molecule has 1 saturated carbocycles. The number of aromatic carboxylic acids is 1. The molecule has 1 heterocycles. The fraction of sp³-hybridized carbons (Fsp3) is 0.667. The first kappa shape index (κ1) is 14.4. The molecule has 3 N–H and O–H groups in total. The summed E-state index contributed by atoms with van der Waals surface area (Å²) in [6.45, 7) is 1.32. The van der Waals surface area contributed by atoms with Crippen LogP contribution < -0.4 is 5.73 Å². The van der Waals surface area contributed by atoms with Crippen molar-refractivity contribution in [2.24, 2.45) is 5.73 Å². The third kappa shape index (κ3) is 3.77. The van der Waals surface area contributed by atoms with Crippen molar-refractivity contribution in [3.8, 4) is 0 Å².